The maximum atomic E-state index is 13.0. The highest BCUT2D eigenvalue weighted by atomic mass is 16.5. The lowest BCUT2D eigenvalue weighted by molar-refractivity contribution is 0.0942. The summed E-state index contributed by atoms with van der Waals surface area (Å²) in [7, 11) is 3.24. The Labute approximate surface area is 152 Å². The Kier molecular flexibility index (Phi) is 4.17. The topological polar surface area (TPSA) is 48.4 Å². The Morgan fingerprint density at radius 3 is 2.46 bits per heavy atom. The number of allylic oxidation sites excluding steroid dienone is 1. The van der Waals surface area contributed by atoms with E-state index in [0.29, 0.717) is 12.0 Å². The molecule has 1 atom stereocenters. The molecule has 130 valence electrons. The van der Waals surface area contributed by atoms with Crippen molar-refractivity contribution in [2.45, 2.75) is 6.42 Å². The van der Waals surface area contributed by atoms with Crippen molar-refractivity contribution >= 4 is 22.8 Å². The summed E-state index contributed by atoms with van der Waals surface area (Å²) in [5.74, 6) is 1.32. The average Bonchev–Trinajstić information content (AvgIpc) is 2.68. The third-order valence-electron chi connectivity index (χ3n) is 4.71. The largest absolute Gasteiger partial charge is 0.497 e. The molecule has 0 N–H and O–H groups in total. The molecule has 0 saturated carbocycles. The second-order valence-corrected chi connectivity index (χ2v) is 6.37. The van der Waals surface area contributed by atoms with Gasteiger partial charge in [0, 0.05) is 22.9 Å². The third kappa shape index (κ3) is 2.94. The van der Waals surface area contributed by atoms with Crippen molar-refractivity contribution in [1.82, 2.24) is 4.98 Å². The molecule has 0 aliphatic heterocycles. The molecule has 0 bridgehead atoms. The van der Waals surface area contributed by atoms with Gasteiger partial charge in [-0.15, -0.1) is 0 Å². The van der Waals surface area contributed by atoms with Crippen LogP contribution in [0.2, 0.25) is 0 Å². The predicted molar refractivity (Wildman–Crippen MR) is 102 cm³/mol. The summed E-state index contributed by atoms with van der Waals surface area (Å²) in [6.45, 7) is 0. The third-order valence-corrected chi connectivity index (χ3v) is 4.71. The van der Waals surface area contributed by atoms with Gasteiger partial charge in [0.1, 0.15) is 11.5 Å². The van der Waals surface area contributed by atoms with Crippen molar-refractivity contribution in [1.29, 1.82) is 0 Å². The number of hydrogen-bond donors (Lipinski definition) is 0. The Morgan fingerprint density at radius 2 is 1.73 bits per heavy atom. The van der Waals surface area contributed by atoms with E-state index in [1.807, 2.05) is 60.7 Å². The fourth-order valence-corrected chi connectivity index (χ4v) is 3.35. The lowest BCUT2D eigenvalue weighted by Crippen LogP contribution is -2.20. The normalized spacial score (nSPS) is 15.8. The minimum atomic E-state index is -0.220. The lowest BCUT2D eigenvalue weighted by atomic mass is 9.86. The van der Waals surface area contributed by atoms with Crippen LogP contribution in [0.1, 0.15) is 21.6 Å². The number of rotatable bonds is 4. The summed E-state index contributed by atoms with van der Waals surface area (Å²) in [4.78, 5) is 17.6. The first-order valence-electron chi connectivity index (χ1n) is 8.52. The molecule has 2 aromatic carbocycles. The lowest BCUT2D eigenvalue weighted by Gasteiger charge is -2.19. The molecule has 0 radical (unpaired) electrons. The smallest absolute Gasteiger partial charge is 0.172 e. The second kappa shape index (κ2) is 6.64. The van der Waals surface area contributed by atoms with Crippen molar-refractivity contribution in [2.24, 2.45) is 5.92 Å². The monoisotopic (exact) mass is 345 g/mol. The molecule has 0 amide bonds. The van der Waals surface area contributed by atoms with E-state index in [-0.39, 0.29) is 11.7 Å². The quantitative estimate of drug-likeness (QED) is 0.706. The maximum absolute atomic E-state index is 13.0. The van der Waals surface area contributed by atoms with Crippen LogP contribution < -0.4 is 9.47 Å². The van der Waals surface area contributed by atoms with Crippen molar-refractivity contribution in [2.75, 3.05) is 14.2 Å². The van der Waals surface area contributed by atoms with Gasteiger partial charge in [0.15, 0.2) is 5.78 Å². The van der Waals surface area contributed by atoms with Crippen molar-refractivity contribution in [3.05, 3.63) is 71.4 Å². The van der Waals surface area contributed by atoms with Crippen LogP contribution in [0.5, 0.6) is 11.5 Å². The van der Waals surface area contributed by atoms with E-state index in [4.69, 9.17) is 9.47 Å². The number of hydrogen-bond acceptors (Lipinski definition) is 4. The first-order chi connectivity index (χ1) is 12.7. The van der Waals surface area contributed by atoms with Crippen LogP contribution >= 0.6 is 0 Å². The van der Waals surface area contributed by atoms with Gasteiger partial charge in [0.05, 0.1) is 25.4 Å². The molecule has 1 aromatic heterocycles. The van der Waals surface area contributed by atoms with Crippen LogP contribution in [-0.2, 0) is 6.42 Å². The Morgan fingerprint density at radius 1 is 1.00 bits per heavy atom. The van der Waals surface area contributed by atoms with E-state index in [1.54, 1.807) is 14.2 Å². The first-order valence-corrected chi connectivity index (χ1v) is 8.52. The highest BCUT2D eigenvalue weighted by molar-refractivity contribution is 6.06. The van der Waals surface area contributed by atoms with Crippen molar-refractivity contribution in [3.8, 4) is 11.5 Å². The molecule has 26 heavy (non-hydrogen) atoms. The summed E-state index contributed by atoms with van der Waals surface area (Å²) in [5.41, 5.74) is 3.33. The number of ketones is 1. The van der Waals surface area contributed by atoms with Gasteiger partial charge in [0.2, 0.25) is 0 Å². The SMILES string of the molecule is COc1cc(CC2C=Cc3nc4ccccc4cc3C2=O)cc(OC)c1. The number of carbonyl (C=O) groups is 1. The number of methoxy groups -OCH3 is 2. The van der Waals surface area contributed by atoms with Crippen LogP contribution in [0.3, 0.4) is 0 Å². The van der Waals surface area contributed by atoms with E-state index >= 15 is 0 Å². The number of nitrogens with zero attached hydrogens (tertiary/aromatic N) is 1. The summed E-state index contributed by atoms with van der Waals surface area (Å²) >= 11 is 0. The van der Waals surface area contributed by atoms with Crippen molar-refractivity contribution in [3.63, 3.8) is 0 Å². The number of para-hydroxylation sites is 1. The number of benzene rings is 2. The Hall–Kier alpha value is -3.14. The van der Waals surface area contributed by atoms with E-state index < -0.39 is 0 Å². The molecule has 4 rings (SSSR count). The molecule has 1 aliphatic rings. The zero-order valence-electron chi connectivity index (χ0n) is 14.7. The molecular formula is C22H19NO3. The zero-order valence-corrected chi connectivity index (χ0v) is 14.7. The molecule has 0 fully saturated rings. The maximum Gasteiger partial charge on any atom is 0.172 e. The van der Waals surface area contributed by atoms with Crippen LogP contribution in [0, 0.1) is 5.92 Å². The van der Waals surface area contributed by atoms with Gasteiger partial charge in [-0.25, -0.2) is 4.98 Å². The molecule has 1 heterocycles. The highest BCUT2D eigenvalue weighted by Crippen LogP contribution is 2.30. The van der Waals surface area contributed by atoms with E-state index in [1.165, 1.54) is 0 Å². The van der Waals surface area contributed by atoms with Crippen molar-refractivity contribution < 1.29 is 14.3 Å². The van der Waals surface area contributed by atoms with E-state index in [9.17, 15) is 4.79 Å². The Bertz CT molecular complexity index is 1000. The number of Topliss-reactive ketones (excluding diaryl/α,β-unsaturated/α-hetero) is 1. The van der Waals surface area contributed by atoms with Gasteiger partial charge >= 0.3 is 0 Å². The average molecular weight is 345 g/mol. The molecule has 0 saturated heterocycles. The zero-order chi connectivity index (χ0) is 18.1. The standard InChI is InChI=1S/C22H19NO3/c1-25-17-10-14(11-18(13-17)26-2)9-16-7-8-21-19(22(16)24)12-15-5-3-4-6-20(15)23-21/h3-8,10-13,16H,9H2,1-2H3. The minimum absolute atomic E-state index is 0.0996. The fraction of sp³-hybridized carbons (Fsp3) is 0.182. The predicted octanol–water partition coefficient (Wildman–Crippen LogP) is 4.32. The van der Waals surface area contributed by atoms with Gasteiger partial charge in [-0.3, -0.25) is 4.79 Å². The first kappa shape index (κ1) is 16.3. The fourth-order valence-electron chi connectivity index (χ4n) is 3.35. The van der Waals surface area contributed by atoms with E-state index in [0.717, 1.165) is 33.7 Å². The van der Waals surface area contributed by atoms with Gasteiger partial charge in [0.25, 0.3) is 0 Å². The summed E-state index contributed by atoms with van der Waals surface area (Å²) in [6.07, 6.45) is 4.48. The minimum Gasteiger partial charge on any atom is -0.497 e. The Balaban J connectivity index is 1.67. The van der Waals surface area contributed by atoms with Gasteiger partial charge in [-0.1, -0.05) is 24.3 Å². The van der Waals surface area contributed by atoms with Gasteiger partial charge < -0.3 is 9.47 Å². The molecule has 1 aliphatic carbocycles. The highest BCUT2D eigenvalue weighted by Gasteiger charge is 2.25. The number of pyridine rings is 1. The molecule has 0 spiro atoms. The van der Waals surface area contributed by atoms with Crippen LogP contribution in [0.25, 0.3) is 17.0 Å². The summed E-state index contributed by atoms with van der Waals surface area (Å²) < 4.78 is 10.6. The molecule has 4 nitrogen and oxygen atoms in total. The molecular weight excluding hydrogens is 326 g/mol. The summed E-state index contributed by atoms with van der Waals surface area (Å²) in [5, 5.41) is 0.983. The van der Waals surface area contributed by atoms with E-state index in [2.05, 4.69) is 4.98 Å². The van der Waals surface area contributed by atoms with Crippen LogP contribution in [0.4, 0.5) is 0 Å². The number of ether oxygens (including phenoxy) is 2. The van der Waals surface area contributed by atoms with Crippen LogP contribution in [0.15, 0.2) is 54.6 Å². The second-order valence-electron chi connectivity index (χ2n) is 6.37. The number of aromatic nitrogens is 1. The molecule has 1 unspecified atom stereocenters. The number of carbonyl (C=O) groups excluding carboxylic acids is 1. The van der Waals surface area contributed by atoms with Crippen LogP contribution in [-0.4, -0.2) is 25.0 Å². The molecule has 3 aromatic rings. The summed E-state index contributed by atoms with van der Waals surface area (Å²) in [6, 6.07) is 15.5. The van der Waals surface area contributed by atoms with Gasteiger partial charge in [-0.05, 0) is 42.3 Å². The number of fused-ring (bicyclic) bond motifs is 2. The molecule has 4 heteroatoms. The van der Waals surface area contributed by atoms with Gasteiger partial charge in [-0.2, -0.15) is 0 Å².